The van der Waals surface area contributed by atoms with Crippen LogP contribution in [0.4, 0.5) is 5.69 Å². The summed E-state index contributed by atoms with van der Waals surface area (Å²) in [5.41, 5.74) is 7.22. The predicted molar refractivity (Wildman–Crippen MR) is 109 cm³/mol. The number of hydrogen-bond acceptors (Lipinski definition) is 3. The van der Waals surface area contributed by atoms with Crippen LogP contribution in [0.1, 0.15) is 51.5 Å². The topological polar surface area (TPSA) is 75.4 Å². The van der Waals surface area contributed by atoms with Gasteiger partial charge in [0.25, 0.3) is 0 Å². The number of aryl methyl sites for hydroxylation is 1. The Morgan fingerprint density at radius 1 is 1.12 bits per heavy atom. The number of carbonyl (C=O) groups is 2. The third-order valence-corrected chi connectivity index (χ3v) is 5.52. The molecule has 2 amide bonds. The molecule has 0 bridgehead atoms. The molecule has 0 unspecified atom stereocenters. The zero-order valence-electron chi connectivity index (χ0n) is 15.9. The van der Waals surface area contributed by atoms with E-state index in [-0.39, 0.29) is 24.2 Å². The number of carbonyl (C=O) groups excluding carboxylic acids is 2. The van der Waals surface area contributed by atoms with Gasteiger partial charge in [0.1, 0.15) is 0 Å². The van der Waals surface area contributed by atoms with Crippen LogP contribution in [0.5, 0.6) is 0 Å². The van der Waals surface area contributed by atoms with Gasteiger partial charge in [0.05, 0.1) is 5.41 Å². The largest absolute Gasteiger partial charge is 0.343 e. The Bertz CT molecular complexity index is 571. The Morgan fingerprint density at radius 2 is 1.69 bits per heavy atom. The first-order valence-corrected chi connectivity index (χ1v) is 9.43. The van der Waals surface area contributed by atoms with Gasteiger partial charge in [-0.15, -0.1) is 12.4 Å². The third-order valence-electron chi connectivity index (χ3n) is 5.52. The summed E-state index contributed by atoms with van der Waals surface area (Å²) in [6.07, 6.45) is 4.98. The lowest BCUT2D eigenvalue weighted by molar-refractivity contribution is -0.130. The van der Waals surface area contributed by atoms with E-state index >= 15 is 0 Å². The van der Waals surface area contributed by atoms with Crippen molar-refractivity contribution in [3.05, 3.63) is 29.8 Å². The summed E-state index contributed by atoms with van der Waals surface area (Å²) in [7, 11) is 0. The summed E-state index contributed by atoms with van der Waals surface area (Å²) in [5, 5.41) is 2.98. The second-order valence-corrected chi connectivity index (χ2v) is 6.93. The summed E-state index contributed by atoms with van der Waals surface area (Å²) in [6.45, 7) is 6.15. The van der Waals surface area contributed by atoms with Crippen LogP contribution in [-0.2, 0) is 16.0 Å². The molecule has 2 rings (SSSR count). The molecule has 0 radical (unpaired) electrons. The number of halogens is 1. The molecule has 146 valence electrons. The van der Waals surface area contributed by atoms with Crippen molar-refractivity contribution < 1.29 is 9.59 Å². The van der Waals surface area contributed by atoms with Crippen molar-refractivity contribution in [1.82, 2.24) is 4.90 Å². The second kappa shape index (κ2) is 10.5. The fourth-order valence-corrected chi connectivity index (χ4v) is 3.35. The van der Waals surface area contributed by atoms with E-state index in [0.717, 1.165) is 56.4 Å². The minimum Gasteiger partial charge on any atom is -0.343 e. The zero-order valence-corrected chi connectivity index (χ0v) is 16.7. The highest BCUT2D eigenvalue weighted by Gasteiger charge is 2.33. The van der Waals surface area contributed by atoms with E-state index < -0.39 is 5.41 Å². The molecule has 0 spiro atoms. The molecule has 1 saturated heterocycles. The molecule has 5 nitrogen and oxygen atoms in total. The number of nitrogens with one attached hydrogen (secondary N) is 1. The van der Waals surface area contributed by atoms with E-state index in [9.17, 15) is 9.59 Å². The van der Waals surface area contributed by atoms with Crippen LogP contribution in [0.25, 0.3) is 0 Å². The van der Waals surface area contributed by atoms with Gasteiger partial charge in [-0.1, -0.05) is 26.0 Å². The Balaban J connectivity index is 0.00000338. The molecule has 1 aromatic carbocycles. The van der Waals surface area contributed by atoms with E-state index in [2.05, 4.69) is 5.32 Å². The minimum atomic E-state index is -0.499. The number of nitrogens with two attached hydrogens (primary N) is 1. The lowest BCUT2D eigenvalue weighted by atomic mass is 9.81. The van der Waals surface area contributed by atoms with Gasteiger partial charge >= 0.3 is 0 Å². The Hall–Kier alpha value is -1.59. The number of benzene rings is 1. The smallest absolute Gasteiger partial charge is 0.231 e. The van der Waals surface area contributed by atoms with Gasteiger partial charge in [-0.05, 0) is 49.8 Å². The molecular weight excluding hydrogens is 350 g/mol. The quantitative estimate of drug-likeness (QED) is 0.724. The molecule has 0 aliphatic carbocycles. The SMILES string of the molecule is CCC(CC)(CN)C(=O)Nc1ccc(CCC(=O)N2CCCC2)cc1.Cl. The van der Waals surface area contributed by atoms with Crippen molar-refractivity contribution in [3.8, 4) is 0 Å². The highest BCUT2D eigenvalue weighted by atomic mass is 35.5. The number of hydrogen-bond donors (Lipinski definition) is 2. The van der Waals surface area contributed by atoms with E-state index in [4.69, 9.17) is 5.73 Å². The first-order valence-electron chi connectivity index (χ1n) is 9.43. The summed E-state index contributed by atoms with van der Waals surface area (Å²) < 4.78 is 0. The number of anilines is 1. The van der Waals surface area contributed by atoms with E-state index in [0.29, 0.717) is 13.0 Å². The third kappa shape index (κ3) is 5.45. The molecule has 6 heteroatoms. The minimum absolute atomic E-state index is 0. The molecule has 1 heterocycles. The monoisotopic (exact) mass is 381 g/mol. The van der Waals surface area contributed by atoms with Crippen molar-refractivity contribution in [2.24, 2.45) is 11.1 Å². The maximum Gasteiger partial charge on any atom is 0.231 e. The molecule has 26 heavy (non-hydrogen) atoms. The molecule has 0 aromatic heterocycles. The van der Waals surface area contributed by atoms with Gasteiger partial charge in [-0.2, -0.15) is 0 Å². The van der Waals surface area contributed by atoms with E-state index in [1.807, 2.05) is 43.0 Å². The van der Waals surface area contributed by atoms with Gasteiger partial charge in [0, 0.05) is 31.7 Å². The summed E-state index contributed by atoms with van der Waals surface area (Å²) in [4.78, 5) is 26.6. The van der Waals surface area contributed by atoms with Gasteiger partial charge < -0.3 is 16.0 Å². The van der Waals surface area contributed by atoms with E-state index in [1.54, 1.807) is 0 Å². The fourth-order valence-electron chi connectivity index (χ4n) is 3.35. The van der Waals surface area contributed by atoms with Crippen molar-refractivity contribution in [3.63, 3.8) is 0 Å². The second-order valence-electron chi connectivity index (χ2n) is 6.93. The van der Waals surface area contributed by atoms with Crippen molar-refractivity contribution >= 4 is 29.9 Å². The summed E-state index contributed by atoms with van der Waals surface area (Å²) in [6, 6.07) is 7.77. The predicted octanol–water partition coefficient (Wildman–Crippen LogP) is 3.37. The first kappa shape index (κ1) is 22.5. The standard InChI is InChI=1S/C20H31N3O2.ClH/c1-3-20(4-2,15-21)19(25)22-17-10-7-16(8-11-17)9-12-18(24)23-13-5-6-14-23;/h7-8,10-11H,3-6,9,12-15,21H2,1-2H3,(H,22,25);1H. The number of likely N-dealkylation sites (tertiary alicyclic amines) is 1. The van der Waals surface area contributed by atoms with Crippen LogP contribution in [0.15, 0.2) is 24.3 Å². The Morgan fingerprint density at radius 3 is 2.19 bits per heavy atom. The molecule has 1 fully saturated rings. The van der Waals surface area contributed by atoms with Gasteiger partial charge in [0.2, 0.25) is 11.8 Å². The molecule has 0 atom stereocenters. The molecule has 0 saturated carbocycles. The highest BCUT2D eigenvalue weighted by molar-refractivity contribution is 5.95. The average molecular weight is 382 g/mol. The van der Waals surface area contributed by atoms with Crippen molar-refractivity contribution in [1.29, 1.82) is 0 Å². The average Bonchev–Trinajstić information content (AvgIpc) is 3.18. The summed E-state index contributed by atoms with van der Waals surface area (Å²) in [5.74, 6) is 0.227. The molecule has 1 aromatic rings. The maximum absolute atomic E-state index is 12.5. The molecule has 1 aliphatic rings. The number of rotatable bonds is 8. The van der Waals surface area contributed by atoms with Gasteiger partial charge in [-0.25, -0.2) is 0 Å². The Kier molecular flexibility index (Phi) is 9.09. The van der Waals surface area contributed by atoms with Gasteiger partial charge in [-0.3, -0.25) is 9.59 Å². The van der Waals surface area contributed by atoms with Crippen LogP contribution in [0.3, 0.4) is 0 Å². The van der Waals surface area contributed by atoms with Crippen LogP contribution in [-0.4, -0.2) is 36.3 Å². The summed E-state index contributed by atoms with van der Waals surface area (Å²) >= 11 is 0. The van der Waals surface area contributed by atoms with Crippen molar-refractivity contribution in [2.75, 3.05) is 25.0 Å². The number of amides is 2. The first-order chi connectivity index (χ1) is 12.0. The molecular formula is C20H32ClN3O2. The lowest BCUT2D eigenvalue weighted by Crippen LogP contribution is -2.41. The maximum atomic E-state index is 12.5. The normalized spacial score (nSPS) is 14.0. The lowest BCUT2D eigenvalue weighted by Gasteiger charge is -2.28. The highest BCUT2D eigenvalue weighted by Crippen LogP contribution is 2.27. The molecule has 1 aliphatic heterocycles. The zero-order chi connectivity index (χ0) is 18.3. The van der Waals surface area contributed by atoms with Crippen LogP contribution in [0.2, 0.25) is 0 Å². The molecule has 3 N–H and O–H groups in total. The van der Waals surface area contributed by atoms with Crippen molar-refractivity contribution in [2.45, 2.75) is 52.4 Å². The van der Waals surface area contributed by atoms with Gasteiger partial charge in [0.15, 0.2) is 0 Å². The Labute approximate surface area is 163 Å². The van der Waals surface area contributed by atoms with Crippen LogP contribution < -0.4 is 11.1 Å². The van der Waals surface area contributed by atoms with Crippen LogP contribution in [0, 0.1) is 5.41 Å². The number of nitrogens with zero attached hydrogens (tertiary/aromatic N) is 1. The van der Waals surface area contributed by atoms with E-state index in [1.165, 1.54) is 0 Å². The fraction of sp³-hybridized carbons (Fsp3) is 0.600. The van der Waals surface area contributed by atoms with Crippen LogP contribution >= 0.6 is 12.4 Å².